The average Bonchev–Trinajstić information content (AvgIpc) is 1.61. The predicted molar refractivity (Wildman–Crippen MR) is 26.1 cm³/mol. The fourth-order valence-corrected chi connectivity index (χ4v) is 0.228. The van der Waals surface area contributed by atoms with E-state index in [0.29, 0.717) is 0 Å². The maximum absolute atomic E-state index is 4.91. The van der Waals surface area contributed by atoms with Gasteiger partial charge >= 0.3 is 0 Å². The van der Waals surface area contributed by atoms with Crippen molar-refractivity contribution in [1.29, 1.82) is 0 Å². The van der Waals surface area contributed by atoms with Crippen molar-refractivity contribution in [3.63, 3.8) is 0 Å². The Labute approximate surface area is 38.0 Å². The molecular weight excluding hydrogens is 76.1 g/mol. The molecule has 0 spiro atoms. The van der Waals surface area contributed by atoms with Gasteiger partial charge < -0.3 is 0 Å². The molecule has 0 aromatic carbocycles. The van der Waals surface area contributed by atoms with Crippen molar-refractivity contribution >= 4 is 6.21 Å². The van der Waals surface area contributed by atoms with Gasteiger partial charge in [-0.3, -0.25) is 0 Å². The van der Waals surface area contributed by atoms with Crippen LogP contribution in [0.3, 0.4) is 0 Å². The second-order valence-corrected chi connectivity index (χ2v) is 1.16. The molecule has 0 aliphatic heterocycles. The van der Waals surface area contributed by atoms with Crippen LogP contribution < -0.4 is 10.9 Å². The number of nitrogens with one attached hydrogen (secondary N) is 1. The van der Waals surface area contributed by atoms with Gasteiger partial charge in [0.15, 0.2) is 6.21 Å². The molecule has 0 aliphatic rings. The molecule has 0 aliphatic carbocycles. The van der Waals surface area contributed by atoms with Crippen molar-refractivity contribution < 1.29 is 5.10 Å². The van der Waals surface area contributed by atoms with Crippen LogP contribution in [0, 0.1) is 0 Å². The van der Waals surface area contributed by atoms with Gasteiger partial charge in [0.2, 0.25) is 0 Å². The summed E-state index contributed by atoms with van der Waals surface area (Å²) in [6, 6.07) is 0. The molecule has 0 saturated heterocycles. The molecule has 0 aromatic heterocycles. The van der Waals surface area contributed by atoms with E-state index >= 15 is 0 Å². The van der Waals surface area contributed by atoms with E-state index in [9.17, 15) is 0 Å². The monoisotopic (exact) mass is 87.1 g/mol. The summed E-state index contributed by atoms with van der Waals surface area (Å²) in [5.74, 6) is 4.91. The molecule has 36 valence electrons. The third kappa shape index (κ3) is 3.47. The minimum absolute atomic E-state index is 1.05. The molecule has 0 rings (SSSR count). The Morgan fingerprint density at radius 2 is 2.50 bits per heavy atom. The topological polar surface area (TPSA) is 40.0 Å². The molecule has 2 heteroatoms. The minimum atomic E-state index is 1.05. The van der Waals surface area contributed by atoms with Crippen LogP contribution >= 0.6 is 0 Å². The Kier molecular flexibility index (Phi) is 4.08. The van der Waals surface area contributed by atoms with Crippen molar-refractivity contribution in [2.45, 2.75) is 19.8 Å². The molecular formula is C4H11N2+. The van der Waals surface area contributed by atoms with Crippen LogP contribution in [0.5, 0.6) is 0 Å². The van der Waals surface area contributed by atoms with Crippen molar-refractivity contribution in [3.8, 4) is 0 Å². The number of rotatable bonds is 2. The minimum Gasteiger partial charge on any atom is -0.213 e. The quantitative estimate of drug-likeness (QED) is 0.248. The highest BCUT2D eigenvalue weighted by atomic mass is 15.1. The van der Waals surface area contributed by atoms with Gasteiger partial charge in [-0.15, -0.1) is 5.10 Å². The number of hydrogen-bond donors (Lipinski definition) is 2. The number of hydrazine groups is 1. The maximum atomic E-state index is 4.91. The van der Waals surface area contributed by atoms with E-state index in [4.69, 9.17) is 5.84 Å². The Morgan fingerprint density at radius 3 is 2.67 bits per heavy atom. The van der Waals surface area contributed by atoms with Gasteiger partial charge in [-0.1, -0.05) is 6.92 Å². The summed E-state index contributed by atoms with van der Waals surface area (Å²) < 4.78 is 0. The fraction of sp³-hybridized carbons (Fsp3) is 0.750. The molecule has 6 heavy (non-hydrogen) atoms. The lowest BCUT2D eigenvalue weighted by atomic mass is 10.4. The van der Waals surface area contributed by atoms with Crippen LogP contribution in [0.25, 0.3) is 0 Å². The lowest BCUT2D eigenvalue weighted by Gasteiger charge is -1.70. The molecule has 3 N–H and O–H groups in total. The van der Waals surface area contributed by atoms with Gasteiger partial charge in [-0.05, 0) is 6.42 Å². The summed E-state index contributed by atoms with van der Waals surface area (Å²) in [7, 11) is 0. The molecule has 0 bridgehead atoms. The standard InChI is InChI=1S/C4H10N2/c1-2-3-4-6-5/h4H,2-3,5H2,1H3/p+1. The molecule has 0 atom stereocenters. The molecule has 0 unspecified atom stereocenters. The van der Waals surface area contributed by atoms with Crippen LogP contribution in [0.15, 0.2) is 0 Å². The maximum Gasteiger partial charge on any atom is 0.167 e. The van der Waals surface area contributed by atoms with Gasteiger partial charge in [0.05, 0.1) is 0 Å². The van der Waals surface area contributed by atoms with E-state index in [0.717, 1.165) is 12.8 Å². The highest BCUT2D eigenvalue weighted by molar-refractivity contribution is 5.49. The largest absolute Gasteiger partial charge is 0.213 e. The van der Waals surface area contributed by atoms with Crippen LogP contribution in [-0.2, 0) is 0 Å². The lowest BCUT2D eigenvalue weighted by Crippen LogP contribution is -2.76. The summed E-state index contributed by atoms with van der Waals surface area (Å²) in [5, 5.41) is 2.44. The molecule has 0 heterocycles. The van der Waals surface area contributed by atoms with E-state index in [1.165, 1.54) is 0 Å². The number of unbranched alkanes of at least 4 members (excludes halogenated alkanes) is 1. The fourth-order valence-electron chi connectivity index (χ4n) is 0.228. The van der Waals surface area contributed by atoms with E-state index in [1.807, 2.05) is 6.21 Å². The zero-order chi connectivity index (χ0) is 4.83. The summed E-state index contributed by atoms with van der Waals surface area (Å²) in [6.07, 6.45) is 4.04. The number of nitrogens with two attached hydrogens (primary N) is 1. The van der Waals surface area contributed by atoms with Crippen LogP contribution in [0.2, 0.25) is 0 Å². The van der Waals surface area contributed by atoms with Gasteiger partial charge in [0.25, 0.3) is 0 Å². The second kappa shape index (κ2) is 4.47. The first-order valence-corrected chi connectivity index (χ1v) is 2.19. The number of hydrogen-bond acceptors (Lipinski definition) is 1. The van der Waals surface area contributed by atoms with Crippen molar-refractivity contribution in [1.82, 2.24) is 0 Å². The van der Waals surface area contributed by atoms with Gasteiger partial charge in [0, 0.05) is 6.42 Å². The molecule has 0 fully saturated rings. The second-order valence-electron chi connectivity index (χ2n) is 1.16. The zero-order valence-corrected chi connectivity index (χ0v) is 4.07. The van der Waals surface area contributed by atoms with E-state index in [2.05, 4.69) is 12.0 Å². The van der Waals surface area contributed by atoms with Crippen LogP contribution in [0.4, 0.5) is 0 Å². The van der Waals surface area contributed by atoms with Gasteiger partial charge in [0.1, 0.15) is 0 Å². The smallest absolute Gasteiger partial charge is 0.167 e. The van der Waals surface area contributed by atoms with Crippen LogP contribution in [0.1, 0.15) is 19.8 Å². The van der Waals surface area contributed by atoms with E-state index < -0.39 is 0 Å². The summed E-state index contributed by atoms with van der Waals surface area (Å²) in [5.41, 5.74) is 0. The average molecular weight is 87.1 g/mol. The third-order valence-electron chi connectivity index (χ3n) is 0.551. The normalized spacial score (nSPS) is 10.2. The van der Waals surface area contributed by atoms with Crippen molar-refractivity contribution in [2.75, 3.05) is 0 Å². The van der Waals surface area contributed by atoms with Gasteiger partial charge in [-0.2, -0.15) is 0 Å². The van der Waals surface area contributed by atoms with Crippen LogP contribution in [-0.4, -0.2) is 6.21 Å². The predicted octanol–water partition coefficient (Wildman–Crippen LogP) is -1.19. The molecule has 0 amide bonds. The third-order valence-corrected chi connectivity index (χ3v) is 0.551. The highest BCUT2D eigenvalue weighted by Gasteiger charge is 1.72. The van der Waals surface area contributed by atoms with Crippen molar-refractivity contribution in [3.05, 3.63) is 0 Å². The molecule has 2 nitrogen and oxygen atoms in total. The Hall–Kier alpha value is -0.530. The Morgan fingerprint density at radius 1 is 1.83 bits per heavy atom. The summed E-state index contributed by atoms with van der Waals surface area (Å²) >= 11 is 0. The first-order valence-electron chi connectivity index (χ1n) is 2.19. The SMILES string of the molecule is CCCC=[NH+]N. The first-order chi connectivity index (χ1) is 2.91. The molecule has 0 aromatic rings. The zero-order valence-electron chi connectivity index (χ0n) is 4.07. The van der Waals surface area contributed by atoms with Crippen molar-refractivity contribution in [2.24, 2.45) is 5.84 Å². The van der Waals surface area contributed by atoms with E-state index in [-0.39, 0.29) is 0 Å². The Bertz CT molecular complexity index is 40.8. The molecule has 0 radical (unpaired) electrons. The summed E-state index contributed by atoms with van der Waals surface area (Å²) in [6.45, 7) is 2.10. The molecule has 0 saturated carbocycles. The highest BCUT2D eigenvalue weighted by Crippen LogP contribution is 1.73. The summed E-state index contributed by atoms with van der Waals surface area (Å²) in [4.78, 5) is 0. The first kappa shape index (κ1) is 5.47. The number of hydrazone groups is 1. The van der Waals surface area contributed by atoms with E-state index in [1.54, 1.807) is 0 Å². The lowest BCUT2D eigenvalue weighted by molar-refractivity contribution is -0.465. The van der Waals surface area contributed by atoms with Gasteiger partial charge in [-0.25, -0.2) is 5.84 Å². The Balaban J connectivity index is 2.66.